The van der Waals surface area contributed by atoms with Crippen molar-refractivity contribution in [3.05, 3.63) is 56.2 Å². The number of benzene rings is 1. The average Bonchev–Trinajstić information content (AvgIpc) is 2.84. The molecule has 1 N–H and O–H groups in total. The molecule has 2 heterocycles. The Bertz CT molecular complexity index is 581. The van der Waals surface area contributed by atoms with E-state index in [2.05, 4.69) is 68.9 Å². The third-order valence-electron chi connectivity index (χ3n) is 3.78. The van der Waals surface area contributed by atoms with Crippen molar-refractivity contribution in [3.8, 4) is 0 Å². The van der Waals surface area contributed by atoms with Crippen molar-refractivity contribution in [3.63, 3.8) is 0 Å². The van der Waals surface area contributed by atoms with E-state index in [1.54, 1.807) is 11.3 Å². The van der Waals surface area contributed by atoms with E-state index in [4.69, 9.17) is 0 Å². The maximum atomic E-state index is 3.65. The van der Waals surface area contributed by atoms with Gasteiger partial charge in [-0.25, -0.2) is 0 Å². The summed E-state index contributed by atoms with van der Waals surface area (Å²) >= 11 is 5.29. The first kappa shape index (κ1) is 14.3. The molecule has 1 aromatic carbocycles. The third-order valence-corrected chi connectivity index (χ3v) is 5.34. The van der Waals surface area contributed by atoms with Crippen LogP contribution in [0.5, 0.6) is 0 Å². The number of fused-ring (bicyclic) bond motifs is 1. The summed E-state index contributed by atoms with van der Waals surface area (Å²) in [6.07, 6.45) is 1.15. The van der Waals surface area contributed by atoms with Gasteiger partial charge in [-0.15, -0.1) is 11.3 Å². The highest BCUT2D eigenvalue weighted by Crippen LogP contribution is 2.25. The van der Waals surface area contributed by atoms with Crippen molar-refractivity contribution >= 4 is 27.3 Å². The molecule has 1 unspecified atom stereocenters. The summed E-state index contributed by atoms with van der Waals surface area (Å²) in [6.45, 7) is 3.13. The summed E-state index contributed by atoms with van der Waals surface area (Å²) in [4.78, 5) is 2.40. The van der Waals surface area contributed by atoms with Crippen LogP contribution in [0.15, 0.2) is 39.5 Å². The molecule has 0 bridgehead atoms. The topological polar surface area (TPSA) is 15.3 Å². The maximum Gasteiger partial charge on any atom is 0.0701 e. The molecule has 1 atom stereocenters. The zero-order valence-corrected chi connectivity index (χ0v) is 14.0. The molecule has 0 saturated heterocycles. The number of thiophene rings is 1. The Kier molecular flexibility index (Phi) is 4.56. The highest BCUT2D eigenvalue weighted by molar-refractivity contribution is 9.11. The first-order valence-electron chi connectivity index (χ1n) is 6.95. The summed E-state index contributed by atoms with van der Waals surface area (Å²) in [6, 6.07) is 11.5. The molecule has 106 valence electrons. The largest absolute Gasteiger partial charge is 0.309 e. The van der Waals surface area contributed by atoms with Gasteiger partial charge in [0.05, 0.1) is 3.79 Å². The number of hydrogen-bond donors (Lipinski definition) is 1. The van der Waals surface area contributed by atoms with E-state index in [0.717, 1.165) is 26.1 Å². The van der Waals surface area contributed by atoms with Gasteiger partial charge >= 0.3 is 0 Å². The quantitative estimate of drug-likeness (QED) is 0.901. The van der Waals surface area contributed by atoms with Crippen LogP contribution in [0.3, 0.4) is 0 Å². The zero-order valence-electron chi connectivity index (χ0n) is 11.6. The number of hydrogen-bond acceptors (Lipinski definition) is 3. The second-order valence-electron chi connectivity index (χ2n) is 5.41. The minimum atomic E-state index is 0.451. The van der Waals surface area contributed by atoms with Crippen LogP contribution < -0.4 is 5.32 Å². The number of nitrogens with one attached hydrogen (secondary N) is 1. The molecule has 4 heteroatoms. The molecule has 1 aromatic heterocycles. The summed E-state index contributed by atoms with van der Waals surface area (Å²) in [5.74, 6) is 0. The van der Waals surface area contributed by atoms with Crippen molar-refractivity contribution < 1.29 is 0 Å². The van der Waals surface area contributed by atoms with Gasteiger partial charge in [0.15, 0.2) is 0 Å². The van der Waals surface area contributed by atoms with Crippen LogP contribution in [-0.2, 0) is 13.0 Å². The number of halogens is 1. The van der Waals surface area contributed by atoms with E-state index in [1.165, 1.54) is 20.5 Å². The molecule has 1 aliphatic rings. The van der Waals surface area contributed by atoms with E-state index in [9.17, 15) is 0 Å². The summed E-state index contributed by atoms with van der Waals surface area (Å²) in [5, 5.41) is 5.87. The van der Waals surface area contributed by atoms with Gasteiger partial charge in [-0.05, 0) is 64.1 Å². The molecular formula is C16H19BrN2S. The third kappa shape index (κ3) is 3.31. The molecule has 0 radical (unpaired) electrons. The highest BCUT2D eigenvalue weighted by Gasteiger charge is 2.20. The Labute approximate surface area is 132 Å². The fraction of sp³-hybridized carbons (Fsp3) is 0.375. The van der Waals surface area contributed by atoms with Gasteiger partial charge in [0, 0.05) is 19.1 Å². The second kappa shape index (κ2) is 6.39. The van der Waals surface area contributed by atoms with Crippen molar-refractivity contribution in [2.24, 2.45) is 0 Å². The monoisotopic (exact) mass is 350 g/mol. The van der Waals surface area contributed by atoms with E-state index >= 15 is 0 Å². The standard InChI is InChI=1S/C16H19BrN2S/c1-19(9-12-8-16(17)20-11-12)10-15-14-5-3-2-4-13(14)6-7-18-15/h2-5,8,11,15,18H,6-7,9-10H2,1H3. The van der Waals surface area contributed by atoms with Crippen LogP contribution in [-0.4, -0.2) is 25.0 Å². The van der Waals surface area contributed by atoms with Crippen LogP contribution >= 0.6 is 27.3 Å². The zero-order chi connectivity index (χ0) is 13.9. The fourth-order valence-electron chi connectivity index (χ4n) is 2.87. The van der Waals surface area contributed by atoms with Gasteiger partial charge < -0.3 is 10.2 Å². The van der Waals surface area contributed by atoms with Gasteiger partial charge in [0.2, 0.25) is 0 Å². The first-order valence-corrected chi connectivity index (χ1v) is 8.62. The van der Waals surface area contributed by atoms with Gasteiger partial charge in [-0.2, -0.15) is 0 Å². The Morgan fingerprint density at radius 3 is 3.05 bits per heavy atom. The van der Waals surface area contributed by atoms with Crippen molar-refractivity contribution in [1.29, 1.82) is 0 Å². The van der Waals surface area contributed by atoms with E-state index in [-0.39, 0.29) is 0 Å². The molecule has 2 aromatic rings. The molecule has 2 nitrogen and oxygen atoms in total. The van der Waals surface area contributed by atoms with Crippen LogP contribution in [0.25, 0.3) is 0 Å². The Morgan fingerprint density at radius 1 is 1.40 bits per heavy atom. The van der Waals surface area contributed by atoms with Crippen LogP contribution in [0.4, 0.5) is 0 Å². The van der Waals surface area contributed by atoms with Crippen molar-refractivity contribution in [2.75, 3.05) is 20.1 Å². The molecule has 0 spiro atoms. The number of likely N-dealkylation sites (N-methyl/N-ethyl adjacent to an activating group) is 1. The fourth-order valence-corrected chi connectivity index (χ4v) is 4.07. The van der Waals surface area contributed by atoms with E-state index in [0.29, 0.717) is 6.04 Å². The lowest BCUT2D eigenvalue weighted by Gasteiger charge is -2.30. The smallest absolute Gasteiger partial charge is 0.0701 e. The van der Waals surface area contributed by atoms with Gasteiger partial charge in [-0.1, -0.05) is 24.3 Å². The highest BCUT2D eigenvalue weighted by atomic mass is 79.9. The molecule has 0 fully saturated rings. The summed E-state index contributed by atoms with van der Waals surface area (Å²) in [5.41, 5.74) is 4.36. The second-order valence-corrected chi connectivity index (χ2v) is 7.70. The van der Waals surface area contributed by atoms with Crippen LogP contribution in [0, 0.1) is 0 Å². The Morgan fingerprint density at radius 2 is 2.25 bits per heavy atom. The molecule has 1 aliphatic heterocycles. The van der Waals surface area contributed by atoms with Crippen molar-refractivity contribution in [1.82, 2.24) is 10.2 Å². The number of nitrogens with zero attached hydrogens (tertiary/aromatic N) is 1. The molecule has 0 saturated carbocycles. The minimum absolute atomic E-state index is 0.451. The van der Waals surface area contributed by atoms with Crippen LogP contribution in [0.2, 0.25) is 0 Å². The van der Waals surface area contributed by atoms with Crippen molar-refractivity contribution in [2.45, 2.75) is 19.0 Å². The molecule has 3 rings (SSSR count). The average molecular weight is 351 g/mol. The lowest BCUT2D eigenvalue weighted by Crippen LogP contribution is -2.37. The first-order chi connectivity index (χ1) is 9.72. The molecule has 0 aliphatic carbocycles. The lowest BCUT2D eigenvalue weighted by atomic mass is 9.94. The number of rotatable bonds is 4. The molecule has 0 amide bonds. The Balaban J connectivity index is 1.66. The molecule has 20 heavy (non-hydrogen) atoms. The SMILES string of the molecule is CN(Cc1csc(Br)c1)CC1NCCc2ccccc21. The van der Waals surface area contributed by atoms with Gasteiger partial charge in [-0.3, -0.25) is 0 Å². The summed E-state index contributed by atoms with van der Waals surface area (Å²) < 4.78 is 1.21. The lowest BCUT2D eigenvalue weighted by molar-refractivity contribution is 0.279. The molecular weight excluding hydrogens is 332 g/mol. The van der Waals surface area contributed by atoms with Crippen LogP contribution in [0.1, 0.15) is 22.7 Å². The summed E-state index contributed by atoms with van der Waals surface area (Å²) in [7, 11) is 2.20. The van der Waals surface area contributed by atoms with Gasteiger partial charge in [0.1, 0.15) is 0 Å². The Hall–Kier alpha value is -0.680. The predicted octanol–water partition coefficient (Wildman–Crippen LogP) is 3.83. The van der Waals surface area contributed by atoms with E-state index < -0.39 is 0 Å². The normalized spacial score (nSPS) is 18.2. The predicted molar refractivity (Wildman–Crippen MR) is 89.2 cm³/mol. The van der Waals surface area contributed by atoms with E-state index in [1.807, 2.05) is 0 Å². The minimum Gasteiger partial charge on any atom is -0.309 e. The maximum absolute atomic E-state index is 3.65. The van der Waals surface area contributed by atoms with Gasteiger partial charge in [0.25, 0.3) is 0 Å².